The van der Waals surface area contributed by atoms with Crippen LogP contribution >= 0.6 is 27.8 Å². The molecule has 0 N–H and O–H groups in total. The molecule has 0 radical (unpaired) electrons. The molecule has 0 atom stereocenters. The summed E-state index contributed by atoms with van der Waals surface area (Å²) in [5.41, 5.74) is 0. The molecule has 4 nitrogen and oxygen atoms in total. The molecule has 40 heavy (non-hydrogen) atoms. The average molecular weight is 983 g/mol. The maximum absolute atomic E-state index is 7.12. The molecule has 0 aliphatic carbocycles. The number of benzene rings is 4. The maximum atomic E-state index is 7.12. The fourth-order valence-electron chi connectivity index (χ4n) is 4.47. The molecule has 0 fully saturated rings. The van der Waals surface area contributed by atoms with Crippen molar-refractivity contribution in [1.82, 2.24) is 0 Å². The van der Waals surface area contributed by atoms with Crippen LogP contribution in [0.4, 0.5) is 0 Å². The molecule has 0 heterocycles. The predicted molar refractivity (Wildman–Crippen MR) is 166 cm³/mol. The Morgan fingerprint density at radius 3 is 0.775 bits per heavy atom. The summed E-state index contributed by atoms with van der Waals surface area (Å²) in [6.07, 6.45) is 1.93. The monoisotopic (exact) mass is 982 g/mol. The van der Waals surface area contributed by atoms with Crippen LogP contribution in [-0.4, -0.2) is 40.8 Å². The minimum absolute atomic E-state index is 0.558. The van der Waals surface area contributed by atoms with Gasteiger partial charge in [-0.05, 0) is 0 Å². The molecule has 0 aromatic heterocycles. The molecule has 4 aromatic rings. The van der Waals surface area contributed by atoms with Gasteiger partial charge in [0.1, 0.15) is 0 Å². The van der Waals surface area contributed by atoms with E-state index in [2.05, 4.69) is 48.5 Å². The van der Waals surface area contributed by atoms with Crippen LogP contribution in [0, 0.1) is 0 Å². The molecule has 0 spiro atoms. The van der Waals surface area contributed by atoms with Gasteiger partial charge in [0.15, 0.2) is 0 Å². The molecular formula is C30H32Au2Cl2O4P2. The number of hydrogen-bond donors (Lipinski definition) is 0. The Labute approximate surface area is 261 Å². The normalized spacial score (nSPS) is 11.8. The van der Waals surface area contributed by atoms with E-state index in [-0.39, 0.29) is 0 Å². The zero-order valence-electron chi connectivity index (χ0n) is 22.5. The van der Waals surface area contributed by atoms with E-state index in [9.17, 15) is 0 Å². The van der Waals surface area contributed by atoms with Crippen molar-refractivity contribution in [2.24, 2.45) is 0 Å². The van der Waals surface area contributed by atoms with Gasteiger partial charge < -0.3 is 0 Å². The Morgan fingerprint density at radius 1 is 0.425 bits per heavy atom. The van der Waals surface area contributed by atoms with E-state index in [0.717, 1.165) is 35.3 Å². The first-order valence-corrected chi connectivity index (χ1v) is 27.0. The van der Waals surface area contributed by atoms with Gasteiger partial charge >= 0.3 is 264 Å². The van der Waals surface area contributed by atoms with Gasteiger partial charge in [0.05, 0.1) is 0 Å². The molecular weight excluding hydrogens is 951 g/mol. The van der Waals surface area contributed by atoms with Gasteiger partial charge in [-0.1, -0.05) is 0 Å². The third-order valence-corrected chi connectivity index (χ3v) is 35.2. The number of methoxy groups -OCH3 is 4. The van der Waals surface area contributed by atoms with E-state index in [1.165, 1.54) is 21.2 Å². The summed E-state index contributed by atoms with van der Waals surface area (Å²) in [5.74, 6) is 3.36. The molecule has 222 valence electrons. The molecule has 0 amide bonds. The SMILES string of the molecule is COc1ccc([P](CC[P](=[Au][Cl])(c2ccc(OC)cc2)c2ccc(OC)cc2)(=[Au][Cl])c2ccc(OC)cc2)cc1. The molecule has 10 heteroatoms. The van der Waals surface area contributed by atoms with Crippen molar-refractivity contribution < 1.29 is 54.2 Å². The average Bonchev–Trinajstić information content (AvgIpc) is 3.04. The van der Waals surface area contributed by atoms with Gasteiger partial charge in [-0.3, -0.25) is 0 Å². The summed E-state index contributed by atoms with van der Waals surface area (Å²) < 4.78 is 18.0. The summed E-state index contributed by atoms with van der Waals surface area (Å²) in [5, 5.41) is 5.18. The number of halogens is 2. The second-order valence-corrected chi connectivity index (χ2v) is 31.6. The van der Waals surface area contributed by atoms with Crippen LogP contribution in [0.5, 0.6) is 23.0 Å². The quantitative estimate of drug-likeness (QED) is 0.125. The van der Waals surface area contributed by atoms with E-state index in [0.29, 0.717) is 0 Å². The van der Waals surface area contributed by atoms with Gasteiger partial charge in [-0.15, -0.1) is 0 Å². The van der Waals surface area contributed by atoms with Gasteiger partial charge in [-0.2, -0.15) is 0 Å². The van der Waals surface area contributed by atoms with Crippen LogP contribution in [0.2, 0.25) is 0 Å². The molecule has 0 bridgehead atoms. The van der Waals surface area contributed by atoms with Gasteiger partial charge in [0.2, 0.25) is 0 Å². The summed E-state index contributed by atoms with van der Waals surface area (Å²) in [7, 11) is 21.0. The van der Waals surface area contributed by atoms with Gasteiger partial charge in [-0.25, -0.2) is 0 Å². The third-order valence-electron chi connectivity index (χ3n) is 6.70. The molecule has 4 aromatic carbocycles. The minimum atomic E-state index is -1.94. The Morgan fingerprint density at radius 2 is 0.625 bits per heavy atom. The van der Waals surface area contributed by atoms with Crippen molar-refractivity contribution in [3.63, 3.8) is 0 Å². The molecule has 0 saturated heterocycles. The zero-order chi connectivity index (χ0) is 28.6. The van der Waals surface area contributed by atoms with Gasteiger partial charge in [0.25, 0.3) is 0 Å². The van der Waals surface area contributed by atoms with Crippen LogP contribution in [0.25, 0.3) is 0 Å². The van der Waals surface area contributed by atoms with Crippen LogP contribution in [0.15, 0.2) is 97.1 Å². The van der Waals surface area contributed by atoms with Crippen LogP contribution < -0.4 is 40.2 Å². The standard InChI is InChI=1S/C30H32O4P2.2Au.2ClH/c1-31-23-5-13-27(14-6-23)35(28-15-7-24(32-2)8-16-28)21-22-36(29-17-9-25(33-3)10-18-29)30-19-11-26(34-4)12-20-30;;;;/h5-20H,21-22H2,1-4H3;;;2*1H/q;2*+1;;/p-2. The fourth-order valence-corrected chi connectivity index (χ4v) is 30.6. The second-order valence-electron chi connectivity index (χ2n) is 8.66. The van der Waals surface area contributed by atoms with E-state index in [1.807, 2.05) is 48.5 Å². The van der Waals surface area contributed by atoms with E-state index >= 15 is 0 Å². The van der Waals surface area contributed by atoms with Crippen molar-refractivity contribution >= 4 is 49.0 Å². The van der Waals surface area contributed by atoms with Crippen molar-refractivity contribution in [3.05, 3.63) is 97.1 Å². The number of rotatable bonds is 11. The number of hydrogen-bond acceptors (Lipinski definition) is 4. The summed E-state index contributed by atoms with van der Waals surface area (Å²) in [6.45, 7) is 0. The number of ether oxygens (including phenoxy) is 4. The predicted octanol–water partition coefficient (Wildman–Crippen LogP) is 6.66. The topological polar surface area (TPSA) is 36.9 Å². The Hall–Kier alpha value is -0.999. The second kappa shape index (κ2) is 14.9. The van der Waals surface area contributed by atoms with E-state index < -0.39 is 44.7 Å². The molecule has 0 saturated carbocycles. The molecule has 0 unspecified atom stereocenters. The van der Waals surface area contributed by atoms with Crippen molar-refractivity contribution in [1.29, 1.82) is 0 Å². The first kappa shape index (κ1) is 31.9. The third kappa shape index (κ3) is 6.80. The van der Waals surface area contributed by atoms with Crippen molar-refractivity contribution in [2.75, 3.05) is 40.8 Å². The van der Waals surface area contributed by atoms with Gasteiger partial charge in [0, 0.05) is 0 Å². The Kier molecular flexibility index (Phi) is 11.9. The zero-order valence-corrected chi connectivity index (χ0v) is 30.2. The first-order chi connectivity index (χ1) is 19.5. The van der Waals surface area contributed by atoms with E-state index in [4.69, 9.17) is 37.3 Å². The van der Waals surface area contributed by atoms with Crippen molar-refractivity contribution in [3.8, 4) is 23.0 Å². The van der Waals surface area contributed by atoms with Crippen LogP contribution in [0.3, 0.4) is 0 Å². The molecule has 4 rings (SSSR count). The first-order valence-electron chi connectivity index (χ1n) is 12.3. The van der Waals surface area contributed by atoms with Crippen LogP contribution in [-0.2, 0) is 35.3 Å². The fraction of sp³-hybridized carbons (Fsp3) is 0.200. The Bertz CT molecular complexity index is 1290. The summed E-state index contributed by atoms with van der Waals surface area (Å²) in [6, 6.07) is 34.0. The van der Waals surface area contributed by atoms with E-state index in [1.54, 1.807) is 28.4 Å². The summed E-state index contributed by atoms with van der Waals surface area (Å²) >= 11 is -1.12. The van der Waals surface area contributed by atoms with Crippen LogP contribution in [0.1, 0.15) is 0 Å². The summed E-state index contributed by atoms with van der Waals surface area (Å²) in [4.78, 5) is 0. The Balaban J connectivity index is 1.88. The molecule has 0 aliphatic rings. The molecule has 0 aliphatic heterocycles. The van der Waals surface area contributed by atoms with Crippen molar-refractivity contribution in [2.45, 2.75) is 0 Å².